The molecule has 0 bridgehead atoms. The third-order valence-electron chi connectivity index (χ3n) is 3.18. The van der Waals surface area contributed by atoms with E-state index in [1.807, 2.05) is 0 Å². The Morgan fingerprint density at radius 3 is 2.38 bits per heavy atom. The second-order valence-corrected chi connectivity index (χ2v) is 6.83. The fourth-order valence-corrected chi connectivity index (χ4v) is 3.16. The van der Waals surface area contributed by atoms with Crippen LogP contribution in [0.25, 0.3) is 0 Å². The number of hydrogen-bond donors (Lipinski definition) is 3. The van der Waals surface area contributed by atoms with Gasteiger partial charge in [0.1, 0.15) is 0 Å². The van der Waals surface area contributed by atoms with Crippen molar-refractivity contribution in [1.29, 1.82) is 0 Å². The van der Waals surface area contributed by atoms with Crippen LogP contribution < -0.4 is 10.0 Å². The largest absolute Gasteiger partial charge is 0.478 e. The molecule has 0 aromatic heterocycles. The minimum Gasteiger partial charge on any atom is -0.478 e. The molecule has 0 aliphatic carbocycles. The van der Waals surface area contributed by atoms with Crippen LogP contribution in [-0.4, -0.2) is 25.4 Å². The van der Waals surface area contributed by atoms with Gasteiger partial charge >= 0.3 is 5.97 Å². The van der Waals surface area contributed by atoms with Gasteiger partial charge in [-0.1, -0.05) is 6.07 Å². The molecule has 0 saturated carbocycles. The lowest BCUT2D eigenvalue weighted by Gasteiger charge is -2.12. The number of carbonyl (C=O) groups excluding carboxylic acids is 1. The summed E-state index contributed by atoms with van der Waals surface area (Å²) in [5.74, 6) is -1.43. The van der Waals surface area contributed by atoms with Gasteiger partial charge in [-0.3, -0.25) is 9.52 Å². The van der Waals surface area contributed by atoms with Crippen molar-refractivity contribution in [3.05, 3.63) is 53.6 Å². The van der Waals surface area contributed by atoms with Crippen molar-refractivity contribution in [2.45, 2.75) is 18.7 Å². The molecule has 0 unspecified atom stereocenters. The van der Waals surface area contributed by atoms with Gasteiger partial charge in [0.25, 0.3) is 10.0 Å². The first kappa shape index (κ1) is 17.5. The summed E-state index contributed by atoms with van der Waals surface area (Å²) in [6, 6.07) is 9.75. The molecule has 2 rings (SSSR count). The van der Waals surface area contributed by atoms with E-state index in [0.29, 0.717) is 16.9 Å². The SMILES string of the molecule is CC(=O)Nc1ccc(NS(=O)(=O)c2cccc(C(=O)O)c2)cc1C. The summed E-state index contributed by atoms with van der Waals surface area (Å²) in [6.07, 6.45) is 0. The molecule has 1 amide bonds. The Labute approximate surface area is 139 Å². The lowest BCUT2D eigenvalue weighted by molar-refractivity contribution is -0.114. The van der Waals surface area contributed by atoms with Gasteiger partial charge in [0.05, 0.1) is 10.5 Å². The standard InChI is InChI=1S/C16H16N2O5S/c1-10-8-13(6-7-15(10)17-11(2)19)18-24(22,23)14-5-3-4-12(9-14)16(20)21/h3-9,18H,1-2H3,(H,17,19)(H,20,21). The highest BCUT2D eigenvalue weighted by Gasteiger charge is 2.16. The molecule has 0 spiro atoms. The molecule has 8 heteroatoms. The topological polar surface area (TPSA) is 113 Å². The summed E-state index contributed by atoms with van der Waals surface area (Å²) in [7, 11) is -3.92. The fraction of sp³-hybridized carbons (Fsp3) is 0.125. The second-order valence-electron chi connectivity index (χ2n) is 5.15. The normalized spacial score (nSPS) is 10.9. The Morgan fingerprint density at radius 2 is 1.79 bits per heavy atom. The third kappa shape index (κ3) is 4.11. The predicted molar refractivity (Wildman–Crippen MR) is 89.7 cm³/mol. The second kappa shape index (κ2) is 6.71. The number of benzene rings is 2. The number of carboxylic acids is 1. The van der Waals surface area contributed by atoms with Crippen LogP contribution in [0.4, 0.5) is 11.4 Å². The number of aryl methyl sites for hydroxylation is 1. The van der Waals surface area contributed by atoms with Gasteiger partial charge in [-0.2, -0.15) is 0 Å². The molecule has 0 atom stereocenters. The Bertz CT molecular complexity index is 906. The summed E-state index contributed by atoms with van der Waals surface area (Å²) in [4.78, 5) is 21.9. The van der Waals surface area contributed by atoms with Crippen molar-refractivity contribution in [2.24, 2.45) is 0 Å². The fourth-order valence-electron chi connectivity index (χ4n) is 2.07. The predicted octanol–water partition coefficient (Wildman–Crippen LogP) is 2.45. The van der Waals surface area contributed by atoms with Crippen molar-refractivity contribution in [1.82, 2.24) is 0 Å². The van der Waals surface area contributed by atoms with Crippen LogP contribution in [0.1, 0.15) is 22.8 Å². The highest BCUT2D eigenvalue weighted by atomic mass is 32.2. The Kier molecular flexibility index (Phi) is 4.89. The molecule has 0 saturated heterocycles. The maximum absolute atomic E-state index is 12.4. The number of anilines is 2. The van der Waals surface area contributed by atoms with Gasteiger partial charge in [-0.25, -0.2) is 13.2 Å². The lowest BCUT2D eigenvalue weighted by Crippen LogP contribution is -2.14. The molecule has 0 heterocycles. The molecular weight excluding hydrogens is 332 g/mol. The molecule has 0 aliphatic rings. The van der Waals surface area contributed by atoms with Crippen molar-refractivity contribution in [2.75, 3.05) is 10.0 Å². The van der Waals surface area contributed by atoms with Gasteiger partial charge in [0.2, 0.25) is 5.91 Å². The summed E-state index contributed by atoms with van der Waals surface area (Å²) >= 11 is 0. The quantitative estimate of drug-likeness (QED) is 0.768. The highest BCUT2D eigenvalue weighted by Crippen LogP contribution is 2.22. The first-order chi connectivity index (χ1) is 11.2. The maximum atomic E-state index is 12.4. The number of amides is 1. The molecule has 0 radical (unpaired) electrons. The number of carbonyl (C=O) groups is 2. The van der Waals surface area contributed by atoms with Crippen LogP contribution in [0.5, 0.6) is 0 Å². The smallest absolute Gasteiger partial charge is 0.335 e. The number of rotatable bonds is 5. The van der Waals surface area contributed by atoms with Gasteiger partial charge in [-0.05, 0) is 48.9 Å². The van der Waals surface area contributed by atoms with E-state index < -0.39 is 16.0 Å². The zero-order valence-electron chi connectivity index (χ0n) is 13.0. The van der Waals surface area contributed by atoms with E-state index in [2.05, 4.69) is 10.0 Å². The maximum Gasteiger partial charge on any atom is 0.335 e. The number of hydrogen-bond acceptors (Lipinski definition) is 4. The first-order valence-electron chi connectivity index (χ1n) is 6.93. The van der Waals surface area contributed by atoms with Crippen molar-refractivity contribution >= 4 is 33.3 Å². The van der Waals surface area contributed by atoms with E-state index in [-0.39, 0.29) is 16.4 Å². The molecule has 126 valence electrons. The molecule has 3 N–H and O–H groups in total. The van der Waals surface area contributed by atoms with E-state index in [1.54, 1.807) is 19.1 Å². The zero-order valence-corrected chi connectivity index (χ0v) is 13.8. The average molecular weight is 348 g/mol. The number of sulfonamides is 1. The van der Waals surface area contributed by atoms with Crippen LogP contribution in [0.15, 0.2) is 47.4 Å². The zero-order chi connectivity index (χ0) is 17.9. The lowest BCUT2D eigenvalue weighted by atomic mass is 10.2. The average Bonchev–Trinajstić information content (AvgIpc) is 2.49. The van der Waals surface area contributed by atoms with Crippen molar-refractivity contribution in [3.63, 3.8) is 0 Å². The van der Waals surface area contributed by atoms with Crippen molar-refractivity contribution in [3.8, 4) is 0 Å². The molecule has 0 fully saturated rings. The third-order valence-corrected chi connectivity index (χ3v) is 4.56. The van der Waals surface area contributed by atoms with E-state index in [1.165, 1.54) is 31.2 Å². The van der Waals surface area contributed by atoms with Crippen LogP contribution >= 0.6 is 0 Å². The van der Waals surface area contributed by atoms with Crippen LogP contribution in [0.2, 0.25) is 0 Å². The van der Waals surface area contributed by atoms with Crippen molar-refractivity contribution < 1.29 is 23.1 Å². The van der Waals surface area contributed by atoms with E-state index in [4.69, 9.17) is 5.11 Å². The van der Waals surface area contributed by atoms with Crippen LogP contribution in [0.3, 0.4) is 0 Å². The first-order valence-corrected chi connectivity index (χ1v) is 8.42. The monoisotopic (exact) mass is 348 g/mol. The Hall–Kier alpha value is -2.87. The number of nitrogens with one attached hydrogen (secondary N) is 2. The van der Waals surface area contributed by atoms with Gasteiger partial charge in [0.15, 0.2) is 0 Å². The molecular formula is C16H16N2O5S. The number of aromatic carboxylic acids is 1. The summed E-state index contributed by atoms with van der Waals surface area (Å²) in [5, 5.41) is 11.6. The summed E-state index contributed by atoms with van der Waals surface area (Å²) < 4.78 is 27.1. The summed E-state index contributed by atoms with van der Waals surface area (Å²) in [6.45, 7) is 3.11. The molecule has 2 aromatic rings. The van der Waals surface area contributed by atoms with Crippen LogP contribution in [0, 0.1) is 6.92 Å². The minimum absolute atomic E-state index is 0.116. The number of carboxylic acid groups (broad SMARTS) is 1. The Morgan fingerprint density at radius 1 is 1.08 bits per heavy atom. The molecule has 0 aliphatic heterocycles. The van der Waals surface area contributed by atoms with E-state index in [0.717, 1.165) is 6.07 Å². The summed E-state index contributed by atoms with van der Waals surface area (Å²) in [5.41, 5.74) is 1.46. The van der Waals surface area contributed by atoms with E-state index in [9.17, 15) is 18.0 Å². The van der Waals surface area contributed by atoms with Crippen LogP contribution in [-0.2, 0) is 14.8 Å². The van der Waals surface area contributed by atoms with Gasteiger partial charge < -0.3 is 10.4 Å². The van der Waals surface area contributed by atoms with E-state index >= 15 is 0 Å². The molecule has 24 heavy (non-hydrogen) atoms. The highest BCUT2D eigenvalue weighted by molar-refractivity contribution is 7.92. The van der Waals surface area contributed by atoms with Gasteiger partial charge in [0, 0.05) is 18.3 Å². The molecule has 2 aromatic carbocycles. The minimum atomic E-state index is -3.92. The molecule has 7 nitrogen and oxygen atoms in total. The Balaban J connectivity index is 2.29. The van der Waals surface area contributed by atoms with Gasteiger partial charge in [-0.15, -0.1) is 0 Å².